The van der Waals surface area contributed by atoms with Gasteiger partial charge in [0.15, 0.2) is 12.5 Å². The molecule has 0 bridgehead atoms. The third-order valence-electron chi connectivity index (χ3n) is 5.95. The van der Waals surface area contributed by atoms with E-state index in [0.29, 0.717) is 5.69 Å². The van der Waals surface area contributed by atoms with E-state index in [4.69, 9.17) is 14.2 Å². The van der Waals surface area contributed by atoms with E-state index in [1.54, 1.807) is 0 Å². The van der Waals surface area contributed by atoms with Crippen LogP contribution in [0.3, 0.4) is 0 Å². The van der Waals surface area contributed by atoms with E-state index < -0.39 is 80.5 Å². The van der Waals surface area contributed by atoms with Crippen LogP contribution in [0.2, 0.25) is 0 Å². The van der Waals surface area contributed by atoms with E-state index in [1.807, 2.05) is 0 Å². The first-order valence-electron chi connectivity index (χ1n) is 11.5. The lowest BCUT2D eigenvalue weighted by atomic mass is 9.96. The fourth-order valence-corrected chi connectivity index (χ4v) is 4.11. The number of ether oxygens (including phenoxy) is 3. The number of benzene rings is 1. The summed E-state index contributed by atoms with van der Waals surface area (Å²) in [5.41, 5.74) is 0.840. The largest absolute Gasteiger partial charge is 0.394 e. The van der Waals surface area contributed by atoms with Gasteiger partial charge < -0.3 is 65.9 Å². The van der Waals surface area contributed by atoms with E-state index in [2.05, 4.69) is 16.0 Å². The Bertz CT molecular complexity index is 947. The average Bonchev–Trinajstić information content (AvgIpc) is 2.84. The van der Waals surface area contributed by atoms with Gasteiger partial charge in [0.05, 0.1) is 24.6 Å². The first-order valence-corrected chi connectivity index (χ1v) is 11.5. The molecular formula is C22H33N3O12. The number of carbonyl (C=O) groups is 2. The van der Waals surface area contributed by atoms with Crippen LogP contribution >= 0.6 is 0 Å². The van der Waals surface area contributed by atoms with Crippen LogP contribution in [0.1, 0.15) is 13.8 Å². The summed E-state index contributed by atoms with van der Waals surface area (Å²) in [5.74, 6) is -0.752. The molecule has 0 unspecified atom stereocenters. The van der Waals surface area contributed by atoms with E-state index in [0.717, 1.165) is 0 Å². The molecular weight excluding hydrogens is 498 g/mol. The summed E-state index contributed by atoms with van der Waals surface area (Å²) in [7, 11) is 0. The molecule has 2 heterocycles. The van der Waals surface area contributed by atoms with Crippen molar-refractivity contribution >= 4 is 28.9 Å². The minimum absolute atomic E-state index is 0.211. The second-order valence-electron chi connectivity index (χ2n) is 8.82. The minimum Gasteiger partial charge on any atom is -0.394 e. The Kier molecular flexibility index (Phi) is 9.76. The molecule has 10 atom stereocenters. The maximum atomic E-state index is 11.6. The SMILES string of the molecule is CC(=O)Nc1ccc(NC(C)=O)c(N[C@@H]2O[C@H](CO)[C@@H](O[C@H]3O[C@@H](CO)[C@H](O)[C@@H](O)[C@@H]3O)[C@H](O)[C@H]2O)c1. The second kappa shape index (κ2) is 12.4. The molecule has 15 heteroatoms. The van der Waals surface area contributed by atoms with Crippen molar-refractivity contribution in [1.82, 2.24) is 0 Å². The normalized spacial score (nSPS) is 36.0. The molecule has 1 aromatic carbocycles. The molecule has 2 aliphatic heterocycles. The standard InChI is InChI=1S/C22H33N3O12/c1-8(28)23-10-3-4-11(24-9(2)29)12(5-10)25-21-18(33)17(32)20(14(7-27)35-21)37-22-19(34)16(31)15(30)13(6-26)36-22/h3-5,13-22,25-27,30-34H,6-7H2,1-2H3,(H,23,28)(H,24,29)/t13-,14+,15-,16+,17+,18+,19-,20+,21+,22+/m0/s1. The number of rotatable bonds is 8. The van der Waals surface area contributed by atoms with Crippen molar-refractivity contribution < 1.29 is 59.5 Å². The molecule has 1 aromatic rings. The molecule has 208 valence electrons. The summed E-state index contributed by atoms with van der Waals surface area (Å²) in [6.45, 7) is 1.17. The number of aliphatic hydroxyl groups is 7. The summed E-state index contributed by atoms with van der Waals surface area (Å²) < 4.78 is 16.5. The summed E-state index contributed by atoms with van der Waals surface area (Å²) in [5, 5.41) is 78.9. The van der Waals surface area contributed by atoms with Crippen molar-refractivity contribution in [2.75, 3.05) is 29.2 Å². The van der Waals surface area contributed by atoms with Crippen LogP contribution in [-0.2, 0) is 23.8 Å². The van der Waals surface area contributed by atoms with Crippen molar-refractivity contribution in [3.63, 3.8) is 0 Å². The van der Waals surface area contributed by atoms with Gasteiger partial charge >= 0.3 is 0 Å². The predicted octanol–water partition coefficient (Wildman–Crippen LogP) is -3.36. The maximum absolute atomic E-state index is 11.6. The van der Waals surface area contributed by atoms with Gasteiger partial charge in [-0.3, -0.25) is 9.59 Å². The van der Waals surface area contributed by atoms with Gasteiger partial charge in [-0.25, -0.2) is 0 Å². The Morgan fingerprint density at radius 2 is 1.46 bits per heavy atom. The van der Waals surface area contributed by atoms with Crippen LogP contribution in [-0.4, -0.2) is 122 Å². The Hall–Kier alpha value is -2.44. The van der Waals surface area contributed by atoms with Crippen molar-refractivity contribution in [1.29, 1.82) is 0 Å². The number of anilines is 3. The second-order valence-corrected chi connectivity index (χ2v) is 8.82. The van der Waals surface area contributed by atoms with Gasteiger partial charge in [0.2, 0.25) is 11.8 Å². The lowest BCUT2D eigenvalue weighted by Crippen LogP contribution is -2.65. The van der Waals surface area contributed by atoms with Crippen LogP contribution in [0.15, 0.2) is 18.2 Å². The van der Waals surface area contributed by atoms with Gasteiger partial charge in [0.25, 0.3) is 0 Å². The number of amides is 2. The van der Waals surface area contributed by atoms with Gasteiger partial charge in [-0.05, 0) is 18.2 Å². The lowest BCUT2D eigenvalue weighted by Gasteiger charge is -2.46. The molecule has 0 radical (unpaired) electrons. The molecule has 2 fully saturated rings. The first-order chi connectivity index (χ1) is 17.5. The molecule has 0 aromatic heterocycles. The molecule has 0 spiro atoms. The van der Waals surface area contributed by atoms with Gasteiger partial charge in [-0.1, -0.05) is 0 Å². The Balaban J connectivity index is 1.80. The molecule has 0 aliphatic carbocycles. The number of hydrogen-bond acceptors (Lipinski definition) is 13. The Labute approximate surface area is 211 Å². The average molecular weight is 532 g/mol. The van der Waals surface area contributed by atoms with Crippen molar-refractivity contribution in [3.8, 4) is 0 Å². The first kappa shape index (κ1) is 29.1. The molecule has 15 nitrogen and oxygen atoms in total. The highest BCUT2D eigenvalue weighted by Crippen LogP contribution is 2.32. The van der Waals surface area contributed by atoms with Crippen molar-refractivity contribution in [2.24, 2.45) is 0 Å². The Morgan fingerprint density at radius 1 is 0.811 bits per heavy atom. The number of aliphatic hydroxyl groups excluding tert-OH is 7. The zero-order valence-electron chi connectivity index (χ0n) is 20.1. The van der Waals surface area contributed by atoms with Crippen molar-refractivity contribution in [2.45, 2.75) is 75.2 Å². The van der Waals surface area contributed by atoms with Crippen LogP contribution < -0.4 is 16.0 Å². The summed E-state index contributed by atoms with van der Waals surface area (Å²) in [6.07, 6.45) is -15.6. The van der Waals surface area contributed by atoms with Gasteiger partial charge in [-0.2, -0.15) is 0 Å². The molecule has 10 N–H and O–H groups in total. The highest BCUT2D eigenvalue weighted by atomic mass is 16.7. The van der Waals surface area contributed by atoms with Crippen molar-refractivity contribution in [3.05, 3.63) is 18.2 Å². The van der Waals surface area contributed by atoms with E-state index in [1.165, 1.54) is 32.0 Å². The summed E-state index contributed by atoms with van der Waals surface area (Å²) in [4.78, 5) is 23.1. The van der Waals surface area contributed by atoms with E-state index in [-0.39, 0.29) is 17.3 Å². The quantitative estimate of drug-likeness (QED) is 0.158. The zero-order chi connectivity index (χ0) is 27.4. The van der Waals surface area contributed by atoms with Crippen LogP contribution in [0.25, 0.3) is 0 Å². The summed E-state index contributed by atoms with van der Waals surface area (Å²) in [6, 6.07) is 4.49. The monoisotopic (exact) mass is 531 g/mol. The molecule has 2 amide bonds. The zero-order valence-corrected chi connectivity index (χ0v) is 20.1. The smallest absolute Gasteiger partial charge is 0.221 e. The number of carbonyl (C=O) groups excluding carboxylic acids is 2. The third-order valence-corrected chi connectivity index (χ3v) is 5.95. The molecule has 3 rings (SSSR count). The highest BCUT2D eigenvalue weighted by molar-refractivity contribution is 5.95. The Morgan fingerprint density at radius 3 is 2.05 bits per heavy atom. The summed E-state index contributed by atoms with van der Waals surface area (Å²) >= 11 is 0. The minimum atomic E-state index is -1.78. The van der Waals surface area contributed by atoms with Crippen LogP contribution in [0.5, 0.6) is 0 Å². The molecule has 2 saturated heterocycles. The van der Waals surface area contributed by atoms with Gasteiger partial charge in [0.1, 0.15) is 48.8 Å². The number of nitrogens with one attached hydrogen (secondary N) is 3. The number of hydrogen-bond donors (Lipinski definition) is 10. The topological polar surface area (TPSA) is 240 Å². The fraction of sp³-hybridized carbons (Fsp3) is 0.636. The highest BCUT2D eigenvalue weighted by Gasteiger charge is 2.50. The van der Waals surface area contributed by atoms with E-state index in [9.17, 15) is 45.3 Å². The predicted molar refractivity (Wildman–Crippen MR) is 125 cm³/mol. The fourth-order valence-electron chi connectivity index (χ4n) is 4.11. The maximum Gasteiger partial charge on any atom is 0.221 e. The van der Waals surface area contributed by atoms with Gasteiger partial charge in [0, 0.05) is 19.5 Å². The molecule has 2 aliphatic rings. The van der Waals surface area contributed by atoms with Crippen LogP contribution in [0, 0.1) is 0 Å². The molecule has 37 heavy (non-hydrogen) atoms. The lowest BCUT2D eigenvalue weighted by molar-refractivity contribution is -0.340. The van der Waals surface area contributed by atoms with Crippen LogP contribution in [0.4, 0.5) is 17.1 Å². The molecule has 0 saturated carbocycles. The van der Waals surface area contributed by atoms with E-state index >= 15 is 0 Å². The van der Waals surface area contributed by atoms with Gasteiger partial charge in [-0.15, -0.1) is 0 Å². The third kappa shape index (κ3) is 6.71.